The molecule has 0 spiro atoms. The van der Waals surface area contributed by atoms with Crippen LogP contribution >= 0.6 is 15.9 Å². The van der Waals surface area contributed by atoms with Gasteiger partial charge < -0.3 is 9.84 Å². The van der Waals surface area contributed by atoms with Crippen LogP contribution in [0.5, 0.6) is 5.75 Å². The first-order valence-corrected chi connectivity index (χ1v) is 7.65. The van der Waals surface area contributed by atoms with Crippen molar-refractivity contribution in [2.45, 2.75) is 25.9 Å². The summed E-state index contributed by atoms with van der Waals surface area (Å²) >= 11 is 3.57. The van der Waals surface area contributed by atoms with Crippen molar-refractivity contribution in [3.8, 4) is 5.75 Å². The Labute approximate surface area is 127 Å². The molecular formula is C17H17BrO2. The molecule has 2 nitrogen and oxygen atoms in total. The zero-order valence-electron chi connectivity index (χ0n) is 11.4. The van der Waals surface area contributed by atoms with Crippen LogP contribution in [-0.4, -0.2) is 11.7 Å². The van der Waals surface area contributed by atoms with Crippen molar-refractivity contribution in [3.63, 3.8) is 0 Å². The maximum absolute atomic E-state index is 10.6. The van der Waals surface area contributed by atoms with Gasteiger partial charge in [0.2, 0.25) is 0 Å². The van der Waals surface area contributed by atoms with Crippen molar-refractivity contribution in [2.75, 3.05) is 6.61 Å². The van der Waals surface area contributed by atoms with Crippen LogP contribution in [-0.2, 0) is 6.42 Å². The van der Waals surface area contributed by atoms with Crippen LogP contribution in [0.25, 0.3) is 0 Å². The Balaban J connectivity index is 1.98. The van der Waals surface area contributed by atoms with Gasteiger partial charge in [0.1, 0.15) is 11.9 Å². The molecule has 0 saturated carbocycles. The Morgan fingerprint density at radius 2 is 2.10 bits per heavy atom. The smallest absolute Gasteiger partial charge is 0.122 e. The lowest BCUT2D eigenvalue weighted by Gasteiger charge is -2.20. The molecule has 0 fully saturated rings. The Kier molecular flexibility index (Phi) is 3.81. The first-order valence-electron chi connectivity index (χ1n) is 6.85. The lowest BCUT2D eigenvalue weighted by atomic mass is 9.96. The molecule has 1 N–H and O–H groups in total. The molecule has 20 heavy (non-hydrogen) atoms. The normalized spacial score (nSPS) is 15.3. The van der Waals surface area contributed by atoms with E-state index in [1.165, 1.54) is 5.56 Å². The van der Waals surface area contributed by atoms with E-state index in [2.05, 4.69) is 22.0 Å². The number of ether oxygens (including phenoxy) is 1. The van der Waals surface area contributed by atoms with E-state index >= 15 is 0 Å². The average Bonchev–Trinajstić information content (AvgIpc) is 2.49. The van der Waals surface area contributed by atoms with E-state index in [0.29, 0.717) is 0 Å². The van der Waals surface area contributed by atoms with Gasteiger partial charge in [0.05, 0.1) is 6.61 Å². The third-order valence-electron chi connectivity index (χ3n) is 3.76. The second-order valence-electron chi connectivity index (χ2n) is 5.20. The molecule has 0 bridgehead atoms. The van der Waals surface area contributed by atoms with E-state index in [9.17, 15) is 5.11 Å². The second-order valence-corrected chi connectivity index (χ2v) is 5.99. The molecule has 2 aromatic rings. The van der Waals surface area contributed by atoms with Crippen LogP contribution < -0.4 is 4.74 Å². The van der Waals surface area contributed by atoms with Gasteiger partial charge in [0.15, 0.2) is 0 Å². The highest BCUT2D eigenvalue weighted by molar-refractivity contribution is 9.10. The molecule has 3 heteroatoms. The quantitative estimate of drug-likeness (QED) is 0.894. The van der Waals surface area contributed by atoms with Crippen molar-refractivity contribution < 1.29 is 9.84 Å². The zero-order chi connectivity index (χ0) is 14.1. The molecular weight excluding hydrogens is 316 g/mol. The van der Waals surface area contributed by atoms with Gasteiger partial charge in [-0.1, -0.05) is 40.2 Å². The summed E-state index contributed by atoms with van der Waals surface area (Å²) in [4.78, 5) is 0. The van der Waals surface area contributed by atoms with Gasteiger partial charge in [0.25, 0.3) is 0 Å². The van der Waals surface area contributed by atoms with Crippen LogP contribution in [0.4, 0.5) is 0 Å². The van der Waals surface area contributed by atoms with E-state index in [1.54, 1.807) is 0 Å². The number of halogens is 1. The fraction of sp³-hybridized carbons (Fsp3) is 0.294. The summed E-state index contributed by atoms with van der Waals surface area (Å²) < 4.78 is 6.59. The summed E-state index contributed by atoms with van der Waals surface area (Å²) in [6.07, 6.45) is 1.45. The van der Waals surface area contributed by atoms with Gasteiger partial charge in [-0.3, -0.25) is 0 Å². The predicted octanol–water partition coefficient (Wildman–Crippen LogP) is 4.16. The standard InChI is InChI=1S/C17H17BrO2/c1-11-4-2-6-14(16(11)18)17(19)13-7-8-15-12(10-13)5-3-9-20-15/h2,4,6-8,10,17,19H,3,5,9H2,1H3. The second kappa shape index (κ2) is 5.58. The Morgan fingerprint density at radius 1 is 1.25 bits per heavy atom. The van der Waals surface area contributed by atoms with Crippen molar-refractivity contribution >= 4 is 15.9 Å². The van der Waals surface area contributed by atoms with Crippen molar-refractivity contribution in [2.24, 2.45) is 0 Å². The minimum absolute atomic E-state index is 0.614. The monoisotopic (exact) mass is 332 g/mol. The highest BCUT2D eigenvalue weighted by Gasteiger charge is 2.17. The van der Waals surface area contributed by atoms with Gasteiger partial charge in [-0.25, -0.2) is 0 Å². The molecule has 1 heterocycles. The molecule has 0 aliphatic carbocycles. The fourth-order valence-corrected chi connectivity index (χ4v) is 3.09. The van der Waals surface area contributed by atoms with E-state index in [0.717, 1.165) is 46.4 Å². The molecule has 1 aliphatic heterocycles. The molecule has 3 rings (SSSR count). The lowest BCUT2D eigenvalue weighted by molar-refractivity contribution is 0.218. The fourth-order valence-electron chi connectivity index (χ4n) is 2.61. The summed E-state index contributed by atoms with van der Waals surface area (Å²) in [6, 6.07) is 11.9. The maximum Gasteiger partial charge on any atom is 0.122 e. The Morgan fingerprint density at radius 3 is 2.95 bits per heavy atom. The van der Waals surface area contributed by atoms with Crippen LogP contribution in [0.15, 0.2) is 40.9 Å². The van der Waals surface area contributed by atoms with Gasteiger partial charge in [-0.05, 0) is 54.2 Å². The van der Waals surface area contributed by atoms with Crippen LogP contribution in [0.3, 0.4) is 0 Å². The number of fused-ring (bicyclic) bond motifs is 1. The third-order valence-corrected chi connectivity index (χ3v) is 4.85. The van der Waals surface area contributed by atoms with Crippen LogP contribution in [0.1, 0.15) is 34.8 Å². The molecule has 0 radical (unpaired) electrons. The van der Waals surface area contributed by atoms with Gasteiger partial charge in [-0.2, -0.15) is 0 Å². The minimum atomic E-state index is -0.614. The molecule has 1 unspecified atom stereocenters. The number of aryl methyl sites for hydroxylation is 2. The SMILES string of the molecule is Cc1cccc(C(O)c2ccc3c(c2)CCCO3)c1Br. The van der Waals surface area contributed by atoms with Crippen molar-refractivity contribution in [1.29, 1.82) is 0 Å². The summed E-state index contributed by atoms with van der Waals surface area (Å²) in [5.74, 6) is 0.954. The molecule has 2 aromatic carbocycles. The summed E-state index contributed by atoms with van der Waals surface area (Å²) in [7, 11) is 0. The highest BCUT2D eigenvalue weighted by Crippen LogP contribution is 2.33. The predicted molar refractivity (Wildman–Crippen MR) is 83.2 cm³/mol. The van der Waals surface area contributed by atoms with Crippen molar-refractivity contribution in [1.82, 2.24) is 0 Å². The van der Waals surface area contributed by atoms with E-state index in [1.807, 2.05) is 37.3 Å². The van der Waals surface area contributed by atoms with Crippen LogP contribution in [0, 0.1) is 6.92 Å². The Bertz CT molecular complexity index is 637. The molecule has 104 valence electrons. The number of aliphatic hydroxyl groups is 1. The average molecular weight is 333 g/mol. The summed E-state index contributed by atoms with van der Waals surface area (Å²) in [5, 5.41) is 10.6. The molecule has 0 aromatic heterocycles. The first-order chi connectivity index (χ1) is 9.66. The van der Waals surface area contributed by atoms with Gasteiger partial charge in [-0.15, -0.1) is 0 Å². The van der Waals surface area contributed by atoms with Gasteiger partial charge in [0, 0.05) is 4.47 Å². The topological polar surface area (TPSA) is 29.5 Å². The highest BCUT2D eigenvalue weighted by atomic mass is 79.9. The van der Waals surface area contributed by atoms with E-state index in [4.69, 9.17) is 4.74 Å². The number of rotatable bonds is 2. The van der Waals surface area contributed by atoms with Crippen molar-refractivity contribution in [3.05, 3.63) is 63.1 Å². The summed E-state index contributed by atoms with van der Waals surface area (Å²) in [6.45, 7) is 2.82. The number of aliphatic hydroxyl groups excluding tert-OH is 1. The first kappa shape index (κ1) is 13.7. The van der Waals surface area contributed by atoms with Crippen LogP contribution in [0.2, 0.25) is 0 Å². The molecule has 1 aliphatic rings. The number of hydrogen-bond acceptors (Lipinski definition) is 2. The largest absolute Gasteiger partial charge is 0.493 e. The van der Waals surface area contributed by atoms with Gasteiger partial charge >= 0.3 is 0 Å². The molecule has 0 amide bonds. The maximum atomic E-state index is 10.6. The Hall–Kier alpha value is -1.32. The number of benzene rings is 2. The number of hydrogen-bond donors (Lipinski definition) is 1. The summed E-state index contributed by atoms with van der Waals surface area (Å²) in [5.41, 5.74) is 4.14. The van der Waals surface area contributed by atoms with E-state index in [-0.39, 0.29) is 0 Å². The lowest BCUT2D eigenvalue weighted by Crippen LogP contribution is -2.10. The van der Waals surface area contributed by atoms with E-state index < -0.39 is 6.10 Å². The third kappa shape index (κ3) is 2.48. The minimum Gasteiger partial charge on any atom is -0.493 e. The zero-order valence-corrected chi connectivity index (χ0v) is 13.0. The molecule has 1 atom stereocenters. The molecule has 0 saturated heterocycles.